The number of hydrogen-bond donors (Lipinski definition) is 0. The zero-order chi connectivity index (χ0) is 24.9. The Hall–Kier alpha value is -3.09. The van der Waals surface area contributed by atoms with Crippen molar-refractivity contribution in [3.05, 3.63) is 98.1 Å². The van der Waals surface area contributed by atoms with Crippen molar-refractivity contribution in [2.24, 2.45) is 4.99 Å². The topological polar surface area (TPSA) is 57.1 Å². The number of carbonyl (C=O) groups excluding carboxylic acids is 1. The Labute approximate surface area is 218 Å². The Morgan fingerprint density at radius 3 is 2.43 bits per heavy atom. The van der Waals surface area contributed by atoms with Gasteiger partial charge in [0.05, 0.1) is 11.1 Å². The normalized spacial score (nSPS) is 14.3. The van der Waals surface area contributed by atoms with Crippen molar-refractivity contribution < 1.29 is 19.0 Å². The van der Waals surface area contributed by atoms with E-state index in [0.29, 0.717) is 46.0 Å². The van der Waals surface area contributed by atoms with E-state index in [-0.39, 0.29) is 5.70 Å². The molecule has 1 aliphatic rings. The number of aliphatic imine (C=N–C) groups is 1. The lowest BCUT2D eigenvalue weighted by atomic mass is 10.0. The highest BCUT2D eigenvalue weighted by molar-refractivity contribution is 9.10. The van der Waals surface area contributed by atoms with Crippen molar-refractivity contribution in [1.82, 2.24) is 0 Å². The molecule has 0 unspecified atom stereocenters. The molecule has 0 amide bonds. The van der Waals surface area contributed by atoms with Crippen LogP contribution in [0.25, 0.3) is 6.08 Å². The van der Waals surface area contributed by atoms with Gasteiger partial charge in [0.1, 0.15) is 6.61 Å². The van der Waals surface area contributed by atoms with Crippen LogP contribution >= 0.6 is 27.5 Å². The third-order valence-corrected chi connectivity index (χ3v) is 6.22. The van der Waals surface area contributed by atoms with Gasteiger partial charge in [0.25, 0.3) is 0 Å². The number of ether oxygens (including phenoxy) is 3. The molecule has 0 fully saturated rings. The van der Waals surface area contributed by atoms with Gasteiger partial charge in [-0.05, 0) is 87.9 Å². The van der Waals surface area contributed by atoms with Crippen molar-refractivity contribution in [2.75, 3.05) is 6.61 Å². The summed E-state index contributed by atoms with van der Waals surface area (Å²) >= 11 is 9.54. The Morgan fingerprint density at radius 2 is 1.77 bits per heavy atom. The van der Waals surface area contributed by atoms with E-state index in [9.17, 15) is 4.79 Å². The van der Waals surface area contributed by atoms with Gasteiger partial charge in [0.2, 0.25) is 5.90 Å². The van der Waals surface area contributed by atoms with Crippen molar-refractivity contribution in [2.45, 2.75) is 33.3 Å². The summed E-state index contributed by atoms with van der Waals surface area (Å²) in [4.78, 5) is 16.9. The Kier molecular flexibility index (Phi) is 7.93. The highest BCUT2D eigenvalue weighted by Gasteiger charge is 2.24. The molecular formula is C28H25BrClNO4. The lowest BCUT2D eigenvalue weighted by molar-refractivity contribution is -0.129. The summed E-state index contributed by atoms with van der Waals surface area (Å²) in [6.45, 7) is 6.97. The quantitative estimate of drug-likeness (QED) is 0.213. The molecule has 3 aromatic carbocycles. The average molecular weight is 555 g/mol. The number of carbonyl (C=O) groups is 1. The van der Waals surface area contributed by atoms with E-state index < -0.39 is 5.97 Å². The zero-order valence-electron chi connectivity index (χ0n) is 19.7. The largest absolute Gasteiger partial charge is 0.490 e. The van der Waals surface area contributed by atoms with Crippen LogP contribution in [0.1, 0.15) is 48.9 Å². The number of halogens is 2. The summed E-state index contributed by atoms with van der Waals surface area (Å²) in [6.07, 6.45) is 1.67. The van der Waals surface area contributed by atoms with E-state index in [1.807, 2.05) is 67.6 Å². The summed E-state index contributed by atoms with van der Waals surface area (Å²) in [5.41, 5.74) is 3.89. The van der Waals surface area contributed by atoms with Crippen LogP contribution in [0.15, 0.2) is 75.8 Å². The van der Waals surface area contributed by atoms with Crippen LogP contribution in [0.3, 0.4) is 0 Å². The van der Waals surface area contributed by atoms with Crippen molar-refractivity contribution >= 4 is 45.5 Å². The summed E-state index contributed by atoms with van der Waals surface area (Å²) in [6, 6.07) is 19.0. The van der Waals surface area contributed by atoms with Crippen molar-refractivity contribution in [3.8, 4) is 11.5 Å². The maximum atomic E-state index is 12.5. The fourth-order valence-electron chi connectivity index (χ4n) is 3.51. The van der Waals surface area contributed by atoms with Gasteiger partial charge in [-0.25, -0.2) is 9.79 Å². The number of nitrogens with zero attached hydrogens (tertiary/aromatic N) is 1. The molecule has 7 heteroatoms. The van der Waals surface area contributed by atoms with Gasteiger partial charge < -0.3 is 14.2 Å². The lowest BCUT2D eigenvalue weighted by Gasteiger charge is -2.15. The molecule has 0 aromatic heterocycles. The van der Waals surface area contributed by atoms with Crippen molar-refractivity contribution in [1.29, 1.82) is 0 Å². The van der Waals surface area contributed by atoms with Crippen molar-refractivity contribution in [3.63, 3.8) is 0 Å². The zero-order valence-corrected chi connectivity index (χ0v) is 22.0. The third-order valence-electron chi connectivity index (χ3n) is 5.38. The van der Waals surface area contributed by atoms with E-state index in [1.165, 1.54) is 5.56 Å². The molecule has 1 heterocycles. The third kappa shape index (κ3) is 6.13. The number of hydrogen-bond acceptors (Lipinski definition) is 5. The van der Waals surface area contributed by atoms with E-state index in [2.05, 4.69) is 34.8 Å². The van der Waals surface area contributed by atoms with Gasteiger partial charge in [-0.15, -0.1) is 0 Å². The van der Waals surface area contributed by atoms with Crippen LogP contribution in [0.4, 0.5) is 0 Å². The molecule has 0 N–H and O–H groups in total. The molecule has 1 aliphatic heterocycles. The Morgan fingerprint density at radius 1 is 1.06 bits per heavy atom. The molecule has 0 atom stereocenters. The number of esters is 1. The first-order chi connectivity index (χ1) is 16.8. The standard InChI is InChI=1S/C28H25BrClNO4/c1-4-33-25-15-19(13-23(29)26(25)34-16-18-5-11-22(30)12-6-18)14-24-28(32)35-27(31-24)21-9-7-20(8-10-21)17(2)3/h5-15,17H,4,16H2,1-3H3/b24-14-. The van der Waals surface area contributed by atoms with Gasteiger partial charge in [-0.3, -0.25) is 0 Å². The van der Waals surface area contributed by atoms with E-state index in [4.69, 9.17) is 25.8 Å². The molecule has 5 nitrogen and oxygen atoms in total. The van der Waals surface area contributed by atoms with Gasteiger partial charge >= 0.3 is 5.97 Å². The molecule has 0 spiro atoms. The van der Waals surface area contributed by atoms with Crippen LogP contribution in [0, 0.1) is 0 Å². The second kappa shape index (κ2) is 11.1. The van der Waals surface area contributed by atoms with Gasteiger partial charge in [0, 0.05) is 10.6 Å². The molecule has 0 saturated carbocycles. The highest BCUT2D eigenvalue weighted by Crippen LogP contribution is 2.38. The van der Waals surface area contributed by atoms with E-state index >= 15 is 0 Å². The Balaban J connectivity index is 1.58. The van der Waals surface area contributed by atoms with E-state index in [0.717, 1.165) is 16.7 Å². The predicted molar refractivity (Wildman–Crippen MR) is 142 cm³/mol. The summed E-state index contributed by atoms with van der Waals surface area (Å²) in [5, 5.41) is 0.672. The molecule has 0 radical (unpaired) electrons. The molecular weight excluding hydrogens is 530 g/mol. The first-order valence-electron chi connectivity index (χ1n) is 11.3. The molecule has 4 rings (SSSR count). The van der Waals surface area contributed by atoms with Crippen LogP contribution in [0.5, 0.6) is 11.5 Å². The fraction of sp³-hybridized carbons (Fsp3) is 0.214. The maximum Gasteiger partial charge on any atom is 0.363 e. The first kappa shape index (κ1) is 25.0. The lowest BCUT2D eigenvalue weighted by Crippen LogP contribution is -2.05. The molecule has 180 valence electrons. The number of rotatable bonds is 8. The van der Waals surface area contributed by atoms with Gasteiger partial charge in [0.15, 0.2) is 17.2 Å². The SMILES string of the molecule is CCOc1cc(/C=C2\N=C(c3ccc(C(C)C)cc3)OC2=O)cc(Br)c1OCc1ccc(Cl)cc1. The minimum absolute atomic E-state index is 0.220. The molecule has 35 heavy (non-hydrogen) atoms. The second-order valence-electron chi connectivity index (χ2n) is 8.29. The maximum absolute atomic E-state index is 12.5. The first-order valence-corrected chi connectivity index (χ1v) is 12.5. The Bertz CT molecular complexity index is 1280. The highest BCUT2D eigenvalue weighted by atomic mass is 79.9. The van der Waals surface area contributed by atoms with Gasteiger partial charge in [-0.1, -0.05) is 49.7 Å². The monoisotopic (exact) mass is 553 g/mol. The number of cyclic esters (lactones) is 1. The molecule has 3 aromatic rings. The summed E-state index contributed by atoms with van der Waals surface area (Å²) in [7, 11) is 0. The van der Waals surface area contributed by atoms with Crippen LogP contribution in [0.2, 0.25) is 5.02 Å². The minimum Gasteiger partial charge on any atom is -0.490 e. The van der Waals surface area contributed by atoms with Crippen LogP contribution in [-0.4, -0.2) is 18.5 Å². The molecule has 0 saturated heterocycles. The minimum atomic E-state index is -0.495. The smallest absolute Gasteiger partial charge is 0.363 e. The summed E-state index contributed by atoms with van der Waals surface area (Å²) < 4.78 is 18.0. The number of benzene rings is 3. The molecule has 0 bridgehead atoms. The molecule has 0 aliphatic carbocycles. The van der Waals surface area contributed by atoms with Crippen LogP contribution in [-0.2, 0) is 16.1 Å². The van der Waals surface area contributed by atoms with Gasteiger partial charge in [-0.2, -0.15) is 0 Å². The second-order valence-corrected chi connectivity index (χ2v) is 9.58. The predicted octanol–water partition coefficient (Wildman–Crippen LogP) is 7.55. The fourth-order valence-corrected chi connectivity index (χ4v) is 4.21. The average Bonchev–Trinajstić information content (AvgIpc) is 3.20. The summed E-state index contributed by atoms with van der Waals surface area (Å²) in [5.74, 6) is 1.35. The van der Waals surface area contributed by atoms with Crippen LogP contribution < -0.4 is 9.47 Å². The van der Waals surface area contributed by atoms with E-state index in [1.54, 1.807) is 6.08 Å².